The lowest BCUT2D eigenvalue weighted by Crippen LogP contribution is -2.29. The third-order valence-corrected chi connectivity index (χ3v) is 6.77. The van der Waals surface area contributed by atoms with Gasteiger partial charge in [0.25, 0.3) is 5.78 Å². The highest BCUT2D eigenvalue weighted by atomic mass is 35.5. The minimum atomic E-state index is -0.980. The molecule has 0 bridgehead atoms. The van der Waals surface area contributed by atoms with E-state index in [0.717, 1.165) is 4.70 Å². The lowest BCUT2D eigenvalue weighted by atomic mass is 9.95. The molecule has 1 aliphatic heterocycles. The van der Waals surface area contributed by atoms with Crippen molar-refractivity contribution in [3.8, 4) is 5.75 Å². The van der Waals surface area contributed by atoms with Crippen molar-refractivity contribution in [2.24, 2.45) is 0 Å². The molecule has 6 nitrogen and oxygen atoms in total. The maximum Gasteiger partial charge on any atom is 0.301 e. The molecule has 0 aliphatic carbocycles. The lowest BCUT2D eigenvalue weighted by Gasteiger charge is -2.23. The number of halogens is 2. The van der Waals surface area contributed by atoms with Crippen LogP contribution < -0.4 is 9.64 Å². The quantitative estimate of drug-likeness (QED) is 0.223. The molecular weight excluding hydrogens is 479 g/mol. The van der Waals surface area contributed by atoms with Gasteiger partial charge in [-0.1, -0.05) is 35.1 Å². The number of Topliss-reactive ketones (excluding diaryl/α,β-unsaturated/α-hetero) is 1. The minimum Gasteiger partial charge on any atom is -0.507 e. The van der Waals surface area contributed by atoms with Crippen molar-refractivity contribution >= 4 is 55.7 Å². The van der Waals surface area contributed by atoms with Crippen molar-refractivity contribution in [1.82, 2.24) is 4.98 Å². The summed E-state index contributed by atoms with van der Waals surface area (Å²) in [5.41, 5.74) is 1.23. The van der Waals surface area contributed by atoms with Gasteiger partial charge in [0, 0.05) is 10.6 Å². The molecule has 0 spiro atoms. The van der Waals surface area contributed by atoms with Gasteiger partial charge in [-0.05, 0) is 60.2 Å². The van der Waals surface area contributed by atoms with E-state index in [4.69, 9.17) is 16.3 Å². The fraction of sp³-hybridized carbons (Fsp3) is 0.0800. The van der Waals surface area contributed by atoms with E-state index >= 15 is 0 Å². The van der Waals surface area contributed by atoms with Gasteiger partial charge in [-0.15, -0.1) is 0 Å². The zero-order valence-corrected chi connectivity index (χ0v) is 19.2. The van der Waals surface area contributed by atoms with E-state index in [1.807, 2.05) is 0 Å². The molecule has 9 heteroatoms. The number of anilines is 1. The number of methoxy groups -OCH3 is 1. The van der Waals surface area contributed by atoms with Crippen LogP contribution in [0.25, 0.3) is 16.0 Å². The van der Waals surface area contributed by atoms with Crippen molar-refractivity contribution in [2.75, 3.05) is 12.0 Å². The maximum absolute atomic E-state index is 13.4. The molecule has 0 radical (unpaired) electrons. The number of ether oxygens (including phenoxy) is 1. The number of aliphatic hydroxyl groups is 1. The molecule has 0 saturated carbocycles. The van der Waals surface area contributed by atoms with Crippen LogP contribution in [0.2, 0.25) is 5.02 Å². The first-order valence-corrected chi connectivity index (χ1v) is 11.3. The van der Waals surface area contributed by atoms with Crippen molar-refractivity contribution in [3.05, 3.63) is 94.3 Å². The Labute approximate surface area is 202 Å². The first-order chi connectivity index (χ1) is 16.4. The highest BCUT2D eigenvalue weighted by Crippen LogP contribution is 2.45. The monoisotopic (exact) mass is 494 g/mol. The van der Waals surface area contributed by atoms with Gasteiger partial charge in [0.05, 0.1) is 28.9 Å². The summed E-state index contributed by atoms with van der Waals surface area (Å²) < 4.78 is 19.5. The van der Waals surface area contributed by atoms with E-state index in [9.17, 15) is 19.1 Å². The van der Waals surface area contributed by atoms with Crippen LogP contribution in [-0.2, 0) is 9.59 Å². The number of hydrogen-bond donors (Lipinski definition) is 1. The first kappa shape index (κ1) is 22.1. The molecule has 170 valence electrons. The number of benzene rings is 3. The number of aliphatic hydroxyl groups excluding tert-OH is 1. The molecule has 1 unspecified atom stereocenters. The van der Waals surface area contributed by atoms with Gasteiger partial charge in [-0.3, -0.25) is 14.5 Å². The Kier molecular flexibility index (Phi) is 5.55. The Morgan fingerprint density at radius 3 is 2.59 bits per heavy atom. The highest BCUT2D eigenvalue weighted by Gasteiger charge is 2.48. The van der Waals surface area contributed by atoms with E-state index in [1.54, 1.807) is 49.6 Å². The number of fused-ring (bicyclic) bond motifs is 1. The molecular formula is C25H16ClFN2O4S. The van der Waals surface area contributed by atoms with Crippen LogP contribution in [0.1, 0.15) is 17.2 Å². The van der Waals surface area contributed by atoms with Crippen molar-refractivity contribution in [1.29, 1.82) is 0 Å². The average Bonchev–Trinajstić information content (AvgIpc) is 3.36. The second kappa shape index (κ2) is 8.55. The number of rotatable bonds is 4. The van der Waals surface area contributed by atoms with Crippen LogP contribution in [0.3, 0.4) is 0 Å². The molecule has 2 heterocycles. The molecule has 5 rings (SSSR count). The number of aromatic nitrogens is 1. The Balaban J connectivity index is 1.72. The number of hydrogen-bond acceptors (Lipinski definition) is 6. The van der Waals surface area contributed by atoms with E-state index in [0.29, 0.717) is 21.9 Å². The molecule has 1 N–H and O–H groups in total. The van der Waals surface area contributed by atoms with Crippen molar-refractivity contribution in [3.63, 3.8) is 0 Å². The summed E-state index contributed by atoms with van der Waals surface area (Å²) in [6.45, 7) is 0. The molecule has 34 heavy (non-hydrogen) atoms. The fourth-order valence-electron chi connectivity index (χ4n) is 3.91. The molecule has 1 fully saturated rings. The number of ketones is 1. The smallest absolute Gasteiger partial charge is 0.301 e. The molecule has 3 aromatic carbocycles. The van der Waals surface area contributed by atoms with E-state index in [1.165, 1.54) is 40.5 Å². The van der Waals surface area contributed by atoms with Crippen LogP contribution in [0, 0.1) is 5.82 Å². The van der Waals surface area contributed by atoms with E-state index in [2.05, 4.69) is 4.98 Å². The zero-order chi connectivity index (χ0) is 24.0. The normalized spacial score (nSPS) is 17.5. The van der Waals surface area contributed by atoms with Gasteiger partial charge in [0.1, 0.15) is 17.3 Å². The molecule has 1 aliphatic rings. The Bertz CT molecular complexity index is 1480. The predicted octanol–water partition coefficient (Wildman–Crippen LogP) is 5.72. The number of nitrogens with zero attached hydrogens (tertiary/aromatic N) is 2. The summed E-state index contributed by atoms with van der Waals surface area (Å²) in [7, 11) is 1.55. The van der Waals surface area contributed by atoms with Crippen LogP contribution in [0.15, 0.2) is 72.3 Å². The van der Waals surface area contributed by atoms with Crippen LogP contribution >= 0.6 is 22.9 Å². The van der Waals surface area contributed by atoms with Gasteiger partial charge in [-0.2, -0.15) is 0 Å². The van der Waals surface area contributed by atoms with E-state index < -0.39 is 29.3 Å². The van der Waals surface area contributed by atoms with Crippen molar-refractivity contribution in [2.45, 2.75) is 6.04 Å². The largest absolute Gasteiger partial charge is 0.507 e. The standard InChI is InChI=1S/C25H16ClFN2O4S/c1-33-17-9-10-18-19(12-17)34-25(28-18)29-21(14-3-2-4-15(26)11-14)20(23(31)24(29)32)22(30)13-5-7-16(27)8-6-13/h2-12,21,30H,1H3. The topological polar surface area (TPSA) is 79.7 Å². The molecule has 1 amide bonds. The Morgan fingerprint density at radius 1 is 1.12 bits per heavy atom. The van der Waals surface area contributed by atoms with Crippen LogP contribution in [0.4, 0.5) is 9.52 Å². The molecule has 1 atom stereocenters. The summed E-state index contributed by atoms with van der Waals surface area (Å²) in [4.78, 5) is 32.3. The van der Waals surface area contributed by atoms with E-state index in [-0.39, 0.29) is 16.3 Å². The summed E-state index contributed by atoms with van der Waals surface area (Å²) in [5, 5.41) is 11.8. The predicted molar refractivity (Wildman–Crippen MR) is 129 cm³/mol. The van der Waals surface area contributed by atoms with Gasteiger partial charge in [0.2, 0.25) is 0 Å². The Morgan fingerprint density at radius 2 is 1.88 bits per heavy atom. The fourth-order valence-corrected chi connectivity index (χ4v) is 5.13. The molecule has 1 aromatic heterocycles. The average molecular weight is 495 g/mol. The number of carbonyl (C=O) groups is 2. The molecule has 1 saturated heterocycles. The number of thiazole rings is 1. The van der Waals surface area contributed by atoms with Gasteiger partial charge >= 0.3 is 5.91 Å². The summed E-state index contributed by atoms with van der Waals surface area (Å²) in [5.74, 6) is -1.97. The second-order valence-electron chi connectivity index (χ2n) is 7.56. The summed E-state index contributed by atoms with van der Waals surface area (Å²) in [6, 6.07) is 16.0. The third kappa shape index (κ3) is 3.70. The first-order valence-electron chi connectivity index (χ1n) is 10.1. The summed E-state index contributed by atoms with van der Waals surface area (Å²) in [6.07, 6.45) is 0. The molecule has 4 aromatic rings. The van der Waals surface area contributed by atoms with Gasteiger partial charge in [-0.25, -0.2) is 9.37 Å². The maximum atomic E-state index is 13.4. The number of amides is 1. The number of carbonyl (C=O) groups excluding carboxylic acids is 2. The Hall–Kier alpha value is -3.75. The van der Waals surface area contributed by atoms with Gasteiger partial charge in [0.15, 0.2) is 5.13 Å². The summed E-state index contributed by atoms with van der Waals surface area (Å²) >= 11 is 7.43. The van der Waals surface area contributed by atoms with Gasteiger partial charge < -0.3 is 9.84 Å². The van der Waals surface area contributed by atoms with Crippen LogP contribution in [-0.4, -0.2) is 28.9 Å². The minimum absolute atomic E-state index is 0.129. The second-order valence-corrected chi connectivity index (χ2v) is 9.01. The van der Waals surface area contributed by atoms with Crippen molar-refractivity contribution < 1.29 is 23.8 Å². The third-order valence-electron chi connectivity index (χ3n) is 5.52. The zero-order valence-electron chi connectivity index (χ0n) is 17.7. The SMILES string of the molecule is COc1ccc2nc(N3C(=O)C(=O)C(=C(O)c4ccc(F)cc4)C3c3cccc(Cl)c3)sc2c1. The lowest BCUT2D eigenvalue weighted by molar-refractivity contribution is -0.132. The highest BCUT2D eigenvalue weighted by molar-refractivity contribution is 7.22. The van der Waals surface area contributed by atoms with Crippen LogP contribution in [0.5, 0.6) is 5.75 Å².